The predicted octanol–water partition coefficient (Wildman–Crippen LogP) is 2.00. The molecule has 0 N–H and O–H groups in total. The highest BCUT2D eigenvalue weighted by molar-refractivity contribution is 7.89. The SMILES string of the molecule is CN(C)CCCN(C)S(=O)(=O)c1ccccc1CCl. The van der Waals surface area contributed by atoms with Gasteiger partial charge in [-0.25, -0.2) is 12.7 Å². The molecule has 1 aromatic rings. The lowest BCUT2D eigenvalue weighted by atomic mass is 10.2. The van der Waals surface area contributed by atoms with E-state index in [-0.39, 0.29) is 5.88 Å². The lowest BCUT2D eigenvalue weighted by molar-refractivity contribution is 0.370. The molecule has 0 spiro atoms. The third kappa shape index (κ3) is 4.45. The molecule has 6 heteroatoms. The van der Waals surface area contributed by atoms with Gasteiger partial charge in [0.2, 0.25) is 10.0 Å². The Morgan fingerprint density at radius 1 is 1.11 bits per heavy atom. The molecule has 0 aliphatic carbocycles. The van der Waals surface area contributed by atoms with E-state index >= 15 is 0 Å². The van der Waals surface area contributed by atoms with Crippen molar-refractivity contribution in [3.63, 3.8) is 0 Å². The summed E-state index contributed by atoms with van der Waals surface area (Å²) in [7, 11) is 2.10. The zero-order valence-electron chi connectivity index (χ0n) is 11.6. The van der Waals surface area contributed by atoms with Gasteiger partial charge in [0.05, 0.1) is 4.90 Å². The number of rotatable bonds is 7. The van der Waals surface area contributed by atoms with Crippen molar-refractivity contribution in [2.75, 3.05) is 34.2 Å². The van der Waals surface area contributed by atoms with E-state index in [0.717, 1.165) is 13.0 Å². The maximum Gasteiger partial charge on any atom is 0.243 e. The number of hydrogen-bond donors (Lipinski definition) is 0. The van der Waals surface area contributed by atoms with Gasteiger partial charge in [0.25, 0.3) is 0 Å². The van der Waals surface area contributed by atoms with E-state index in [9.17, 15) is 8.42 Å². The molecule has 0 unspecified atom stereocenters. The van der Waals surface area contributed by atoms with Crippen molar-refractivity contribution < 1.29 is 8.42 Å². The fourth-order valence-electron chi connectivity index (χ4n) is 1.76. The summed E-state index contributed by atoms with van der Waals surface area (Å²) >= 11 is 5.80. The number of alkyl halides is 1. The van der Waals surface area contributed by atoms with Crippen LogP contribution in [-0.4, -0.2) is 51.9 Å². The van der Waals surface area contributed by atoms with Crippen molar-refractivity contribution in [3.8, 4) is 0 Å². The van der Waals surface area contributed by atoms with Crippen LogP contribution in [0.25, 0.3) is 0 Å². The quantitative estimate of drug-likeness (QED) is 0.724. The minimum atomic E-state index is -3.45. The molecule has 0 fully saturated rings. The van der Waals surface area contributed by atoms with Crippen molar-refractivity contribution in [1.82, 2.24) is 9.21 Å². The molecule has 0 aromatic heterocycles. The Balaban J connectivity index is 2.85. The summed E-state index contributed by atoms with van der Waals surface area (Å²) in [6.45, 7) is 1.36. The van der Waals surface area contributed by atoms with E-state index in [2.05, 4.69) is 0 Å². The van der Waals surface area contributed by atoms with Gasteiger partial charge in [-0.2, -0.15) is 0 Å². The summed E-state index contributed by atoms with van der Waals surface area (Å²) in [6, 6.07) is 6.86. The Labute approximate surface area is 121 Å². The van der Waals surface area contributed by atoms with Crippen LogP contribution >= 0.6 is 11.6 Å². The van der Waals surface area contributed by atoms with E-state index in [1.807, 2.05) is 19.0 Å². The van der Waals surface area contributed by atoms with Crippen molar-refractivity contribution in [1.29, 1.82) is 0 Å². The van der Waals surface area contributed by atoms with Crippen LogP contribution in [0.4, 0.5) is 0 Å². The molecule has 0 saturated heterocycles. The summed E-state index contributed by atoms with van der Waals surface area (Å²) in [5, 5.41) is 0. The second-order valence-corrected chi connectivity index (χ2v) is 7.01. The maximum atomic E-state index is 12.4. The number of hydrogen-bond acceptors (Lipinski definition) is 3. The Morgan fingerprint density at radius 3 is 2.32 bits per heavy atom. The highest BCUT2D eigenvalue weighted by atomic mass is 35.5. The van der Waals surface area contributed by atoms with Gasteiger partial charge >= 0.3 is 0 Å². The number of nitrogens with zero attached hydrogens (tertiary/aromatic N) is 2. The van der Waals surface area contributed by atoms with Crippen LogP contribution in [0.5, 0.6) is 0 Å². The Morgan fingerprint density at radius 2 is 1.74 bits per heavy atom. The molecule has 0 saturated carbocycles. The molecule has 0 atom stereocenters. The van der Waals surface area contributed by atoms with Crippen molar-refractivity contribution >= 4 is 21.6 Å². The van der Waals surface area contributed by atoms with Crippen molar-refractivity contribution in [3.05, 3.63) is 29.8 Å². The van der Waals surface area contributed by atoms with Crippen LogP contribution in [-0.2, 0) is 15.9 Å². The minimum absolute atomic E-state index is 0.195. The zero-order chi connectivity index (χ0) is 14.5. The van der Waals surface area contributed by atoms with E-state index in [1.54, 1.807) is 31.3 Å². The molecule has 0 aliphatic rings. The molecule has 0 aliphatic heterocycles. The van der Waals surface area contributed by atoms with Crippen molar-refractivity contribution in [2.24, 2.45) is 0 Å². The fourth-order valence-corrected chi connectivity index (χ4v) is 3.50. The highest BCUT2D eigenvalue weighted by Gasteiger charge is 2.22. The summed E-state index contributed by atoms with van der Waals surface area (Å²) in [4.78, 5) is 2.34. The monoisotopic (exact) mass is 304 g/mol. The highest BCUT2D eigenvalue weighted by Crippen LogP contribution is 2.20. The third-order valence-corrected chi connectivity index (χ3v) is 5.13. The summed E-state index contributed by atoms with van der Waals surface area (Å²) in [5.74, 6) is 0.195. The number of halogens is 1. The topological polar surface area (TPSA) is 40.6 Å². The molecule has 0 radical (unpaired) electrons. The molecular weight excluding hydrogens is 284 g/mol. The standard InChI is InChI=1S/C13H21ClN2O2S/c1-15(2)9-6-10-16(3)19(17,18)13-8-5-4-7-12(13)11-14/h4-5,7-8H,6,9-11H2,1-3H3. The largest absolute Gasteiger partial charge is 0.309 e. The summed E-state index contributed by atoms with van der Waals surface area (Å²) < 4.78 is 26.3. The Bertz CT molecular complexity index is 503. The zero-order valence-corrected chi connectivity index (χ0v) is 13.2. The first-order valence-corrected chi connectivity index (χ1v) is 8.12. The Kier molecular flexibility index (Phi) is 6.26. The molecule has 0 bridgehead atoms. The van der Waals surface area contributed by atoms with Crippen LogP contribution in [0.3, 0.4) is 0 Å². The van der Waals surface area contributed by atoms with Crippen LogP contribution in [0.2, 0.25) is 0 Å². The molecule has 0 heterocycles. The predicted molar refractivity (Wildman–Crippen MR) is 79.0 cm³/mol. The minimum Gasteiger partial charge on any atom is -0.309 e. The average molecular weight is 305 g/mol. The number of benzene rings is 1. The second kappa shape index (κ2) is 7.24. The van der Waals surface area contributed by atoms with Gasteiger partial charge in [0, 0.05) is 19.5 Å². The van der Waals surface area contributed by atoms with E-state index < -0.39 is 10.0 Å². The van der Waals surface area contributed by atoms with E-state index in [1.165, 1.54) is 4.31 Å². The first-order chi connectivity index (χ1) is 8.89. The smallest absolute Gasteiger partial charge is 0.243 e. The first-order valence-electron chi connectivity index (χ1n) is 6.14. The Hall–Kier alpha value is -0.620. The molecule has 19 heavy (non-hydrogen) atoms. The van der Waals surface area contributed by atoms with Gasteiger partial charge in [-0.05, 0) is 38.7 Å². The summed E-state index contributed by atoms with van der Waals surface area (Å²) in [6.07, 6.45) is 0.797. The van der Waals surface area contributed by atoms with Crippen LogP contribution in [0.15, 0.2) is 29.2 Å². The normalized spacial score (nSPS) is 12.3. The van der Waals surface area contributed by atoms with Gasteiger partial charge in [-0.15, -0.1) is 11.6 Å². The average Bonchev–Trinajstić information content (AvgIpc) is 2.38. The molecule has 1 rings (SSSR count). The van der Waals surface area contributed by atoms with Crippen LogP contribution in [0, 0.1) is 0 Å². The molecule has 0 amide bonds. The van der Waals surface area contributed by atoms with Gasteiger partial charge in [-0.3, -0.25) is 0 Å². The maximum absolute atomic E-state index is 12.4. The van der Waals surface area contributed by atoms with Crippen LogP contribution < -0.4 is 0 Å². The van der Waals surface area contributed by atoms with Gasteiger partial charge in [-0.1, -0.05) is 18.2 Å². The first kappa shape index (κ1) is 16.4. The van der Waals surface area contributed by atoms with Gasteiger partial charge in [0.1, 0.15) is 0 Å². The van der Waals surface area contributed by atoms with Gasteiger partial charge in [0.15, 0.2) is 0 Å². The van der Waals surface area contributed by atoms with E-state index in [0.29, 0.717) is 17.0 Å². The lowest BCUT2D eigenvalue weighted by Gasteiger charge is -2.19. The molecule has 1 aromatic carbocycles. The second-order valence-electron chi connectivity index (χ2n) is 4.72. The molecule has 108 valence electrons. The fraction of sp³-hybridized carbons (Fsp3) is 0.538. The lowest BCUT2D eigenvalue weighted by Crippen LogP contribution is -2.30. The molecule has 4 nitrogen and oxygen atoms in total. The van der Waals surface area contributed by atoms with Gasteiger partial charge < -0.3 is 4.90 Å². The van der Waals surface area contributed by atoms with E-state index in [4.69, 9.17) is 11.6 Å². The van der Waals surface area contributed by atoms with Crippen LogP contribution in [0.1, 0.15) is 12.0 Å². The van der Waals surface area contributed by atoms with Crippen molar-refractivity contribution in [2.45, 2.75) is 17.2 Å². The number of sulfonamides is 1. The third-order valence-electron chi connectivity index (χ3n) is 2.88. The molecular formula is C13H21ClN2O2S. The summed E-state index contributed by atoms with van der Waals surface area (Å²) in [5.41, 5.74) is 0.642.